The molecule has 3 heterocycles. The van der Waals surface area contributed by atoms with Gasteiger partial charge in [0.05, 0.1) is 12.3 Å². The monoisotopic (exact) mass is 337 g/mol. The Morgan fingerprint density at radius 2 is 2.12 bits per heavy atom. The minimum Gasteiger partial charge on any atom is -0.494 e. The largest absolute Gasteiger partial charge is 0.494 e. The van der Waals surface area contributed by atoms with Crippen molar-refractivity contribution in [1.82, 2.24) is 14.6 Å². The predicted octanol–water partition coefficient (Wildman–Crippen LogP) is 2.72. The molecule has 130 valence electrons. The summed E-state index contributed by atoms with van der Waals surface area (Å²) in [6, 6.07) is 10.3. The second kappa shape index (κ2) is 6.72. The van der Waals surface area contributed by atoms with Gasteiger partial charge in [0.1, 0.15) is 11.3 Å². The van der Waals surface area contributed by atoms with Crippen molar-refractivity contribution in [2.24, 2.45) is 5.73 Å². The molecular weight excluding hydrogens is 314 g/mol. The number of fused-ring (bicyclic) bond motifs is 1. The molecule has 6 heteroatoms. The first kappa shape index (κ1) is 15.9. The van der Waals surface area contributed by atoms with Gasteiger partial charge in [-0.25, -0.2) is 9.50 Å². The van der Waals surface area contributed by atoms with Crippen molar-refractivity contribution in [3.8, 4) is 17.0 Å². The quantitative estimate of drug-likeness (QED) is 0.793. The Morgan fingerprint density at radius 3 is 2.88 bits per heavy atom. The van der Waals surface area contributed by atoms with Crippen LogP contribution in [0.15, 0.2) is 42.7 Å². The zero-order chi connectivity index (χ0) is 17.2. The van der Waals surface area contributed by atoms with Crippen LogP contribution in [0.3, 0.4) is 0 Å². The number of hydrogen-bond donors (Lipinski definition) is 1. The van der Waals surface area contributed by atoms with Crippen LogP contribution in [0.5, 0.6) is 5.75 Å². The Kier molecular flexibility index (Phi) is 4.28. The molecule has 4 rings (SSSR count). The third-order valence-corrected chi connectivity index (χ3v) is 4.59. The van der Waals surface area contributed by atoms with E-state index in [4.69, 9.17) is 15.6 Å². The molecule has 0 amide bonds. The number of nitrogens with zero attached hydrogens (tertiary/aromatic N) is 4. The highest BCUT2D eigenvalue weighted by molar-refractivity contribution is 5.75. The van der Waals surface area contributed by atoms with Crippen molar-refractivity contribution < 1.29 is 4.74 Å². The molecule has 1 aliphatic rings. The highest BCUT2D eigenvalue weighted by atomic mass is 16.5. The fourth-order valence-corrected chi connectivity index (χ4v) is 3.38. The van der Waals surface area contributed by atoms with E-state index in [0.717, 1.165) is 54.3 Å². The summed E-state index contributed by atoms with van der Waals surface area (Å²) in [5.74, 6) is 1.84. The van der Waals surface area contributed by atoms with E-state index in [2.05, 4.69) is 16.0 Å². The molecule has 1 saturated heterocycles. The molecule has 0 radical (unpaired) electrons. The first-order valence-corrected chi connectivity index (χ1v) is 8.83. The maximum atomic E-state index is 6.14. The van der Waals surface area contributed by atoms with E-state index < -0.39 is 0 Å². The Balaban J connectivity index is 1.69. The van der Waals surface area contributed by atoms with Crippen LogP contribution in [0.2, 0.25) is 0 Å². The number of benzene rings is 1. The molecule has 1 unspecified atom stereocenters. The Bertz CT molecular complexity index is 858. The van der Waals surface area contributed by atoms with E-state index in [-0.39, 0.29) is 6.04 Å². The van der Waals surface area contributed by atoms with Crippen molar-refractivity contribution in [1.29, 1.82) is 0 Å². The first-order valence-electron chi connectivity index (χ1n) is 8.83. The zero-order valence-electron chi connectivity index (χ0n) is 14.4. The van der Waals surface area contributed by atoms with Gasteiger partial charge >= 0.3 is 0 Å². The SMILES string of the molecule is CCOc1ccc(-c2cc3c(N4CCCC(N)C4)nccn3n2)cc1. The number of rotatable bonds is 4. The average Bonchev–Trinajstić information content (AvgIpc) is 3.07. The van der Waals surface area contributed by atoms with Crippen molar-refractivity contribution in [3.05, 3.63) is 42.7 Å². The van der Waals surface area contributed by atoms with Crippen LogP contribution in [0.25, 0.3) is 16.8 Å². The molecule has 0 aliphatic carbocycles. The zero-order valence-corrected chi connectivity index (χ0v) is 14.4. The summed E-state index contributed by atoms with van der Waals surface area (Å²) in [6.45, 7) is 4.48. The van der Waals surface area contributed by atoms with E-state index in [0.29, 0.717) is 6.61 Å². The summed E-state index contributed by atoms with van der Waals surface area (Å²) in [6.07, 6.45) is 5.87. The van der Waals surface area contributed by atoms with Crippen LogP contribution in [0, 0.1) is 0 Å². The molecule has 0 saturated carbocycles. The topological polar surface area (TPSA) is 68.7 Å². The Hall–Kier alpha value is -2.60. The summed E-state index contributed by atoms with van der Waals surface area (Å²) in [5, 5.41) is 4.71. The molecule has 25 heavy (non-hydrogen) atoms. The van der Waals surface area contributed by atoms with E-state index in [1.807, 2.05) is 41.9 Å². The van der Waals surface area contributed by atoms with Gasteiger partial charge in [0.15, 0.2) is 5.82 Å². The van der Waals surface area contributed by atoms with Gasteiger partial charge in [-0.05, 0) is 50.1 Å². The Labute approximate surface area is 147 Å². The normalized spacial score (nSPS) is 17.8. The van der Waals surface area contributed by atoms with Crippen molar-refractivity contribution in [3.63, 3.8) is 0 Å². The fraction of sp³-hybridized carbons (Fsp3) is 0.368. The molecule has 1 fully saturated rings. The molecule has 1 aromatic carbocycles. The van der Waals surface area contributed by atoms with Crippen LogP contribution in [0.1, 0.15) is 19.8 Å². The highest BCUT2D eigenvalue weighted by Gasteiger charge is 2.20. The van der Waals surface area contributed by atoms with Gasteiger partial charge in [0.2, 0.25) is 0 Å². The second-order valence-electron chi connectivity index (χ2n) is 6.42. The maximum absolute atomic E-state index is 6.14. The molecule has 3 aromatic rings. The molecule has 2 N–H and O–H groups in total. The van der Waals surface area contributed by atoms with Gasteiger partial charge in [0.25, 0.3) is 0 Å². The van der Waals surface area contributed by atoms with Crippen molar-refractivity contribution in [2.45, 2.75) is 25.8 Å². The third kappa shape index (κ3) is 3.17. The fourth-order valence-electron chi connectivity index (χ4n) is 3.38. The van der Waals surface area contributed by atoms with E-state index in [9.17, 15) is 0 Å². The molecule has 0 spiro atoms. The molecule has 0 bridgehead atoms. The van der Waals surface area contributed by atoms with E-state index in [1.54, 1.807) is 6.20 Å². The molecule has 6 nitrogen and oxygen atoms in total. The van der Waals surface area contributed by atoms with Crippen molar-refractivity contribution in [2.75, 3.05) is 24.6 Å². The number of nitrogens with two attached hydrogens (primary N) is 1. The average molecular weight is 337 g/mol. The number of ether oxygens (including phenoxy) is 1. The van der Waals surface area contributed by atoms with E-state index in [1.165, 1.54) is 0 Å². The van der Waals surface area contributed by atoms with Gasteiger partial charge in [-0.2, -0.15) is 5.10 Å². The minimum absolute atomic E-state index is 0.212. The summed E-state index contributed by atoms with van der Waals surface area (Å²) in [7, 11) is 0. The first-order chi connectivity index (χ1) is 12.2. The predicted molar refractivity (Wildman–Crippen MR) is 99.0 cm³/mol. The molecular formula is C19H23N5O. The van der Waals surface area contributed by atoms with Gasteiger partial charge in [-0.15, -0.1) is 0 Å². The molecule has 2 aromatic heterocycles. The lowest BCUT2D eigenvalue weighted by atomic mass is 10.1. The van der Waals surface area contributed by atoms with E-state index >= 15 is 0 Å². The summed E-state index contributed by atoms with van der Waals surface area (Å²) < 4.78 is 7.41. The summed E-state index contributed by atoms with van der Waals surface area (Å²) in [5.41, 5.74) is 9.14. The van der Waals surface area contributed by atoms with Crippen molar-refractivity contribution >= 4 is 11.3 Å². The number of hydrogen-bond acceptors (Lipinski definition) is 5. The van der Waals surface area contributed by atoms with Gasteiger partial charge in [-0.1, -0.05) is 0 Å². The second-order valence-corrected chi connectivity index (χ2v) is 6.42. The highest BCUT2D eigenvalue weighted by Crippen LogP contribution is 2.27. The summed E-state index contributed by atoms with van der Waals surface area (Å²) >= 11 is 0. The van der Waals surface area contributed by atoms with Gasteiger partial charge in [0, 0.05) is 37.1 Å². The molecule has 1 atom stereocenters. The summed E-state index contributed by atoms with van der Waals surface area (Å²) in [4.78, 5) is 6.87. The lowest BCUT2D eigenvalue weighted by Gasteiger charge is -2.31. The lowest BCUT2D eigenvalue weighted by molar-refractivity contribution is 0.340. The standard InChI is InChI=1S/C19H23N5O/c1-2-25-16-7-5-14(6-8-16)17-12-18-19(21-9-11-24(18)22-17)23-10-3-4-15(20)13-23/h5-9,11-12,15H,2-4,10,13,20H2,1H3. The number of anilines is 1. The van der Waals surface area contributed by atoms with Gasteiger partial charge < -0.3 is 15.4 Å². The lowest BCUT2D eigenvalue weighted by Crippen LogP contribution is -2.43. The number of aromatic nitrogens is 3. The third-order valence-electron chi connectivity index (χ3n) is 4.59. The van der Waals surface area contributed by atoms with Crippen LogP contribution in [0.4, 0.5) is 5.82 Å². The smallest absolute Gasteiger partial charge is 0.154 e. The van der Waals surface area contributed by atoms with Crippen LogP contribution in [-0.2, 0) is 0 Å². The minimum atomic E-state index is 0.212. The maximum Gasteiger partial charge on any atom is 0.154 e. The number of piperidine rings is 1. The van der Waals surface area contributed by atoms with Crippen LogP contribution in [-0.4, -0.2) is 40.3 Å². The van der Waals surface area contributed by atoms with Crippen LogP contribution < -0.4 is 15.4 Å². The Morgan fingerprint density at radius 1 is 1.28 bits per heavy atom. The van der Waals surface area contributed by atoms with Gasteiger partial charge in [-0.3, -0.25) is 0 Å². The molecule has 1 aliphatic heterocycles. The van der Waals surface area contributed by atoms with Crippen LogP contribution >= 0.6 is 0 Å².